The van der Waals surface area contributed by atoms with Gasteiger partial charge >= 0.3 is 8.03 Å². The average molecular weight is 256 g/mol. The van der Waals surface area contributed by atoms with E-state index >= 15 is 0 Å². The number of nitrogens with zero attached hydrogens (tertiary/aromatic N) is 3. The Labute approximate surface area is 96.7 Å². The van der Waals surface area contributed by atoms with Crippen LogP contribution in [-0.2, 0) is 15.8 Å². The molecule has 2 aromatic rings. The van der Waals surface area contributed by atoms with Crippen molar-refractivity contribution in [2.24, 2.45) is 0 Å². The van der Waals surface area contributed by atoms with Gasteiger partial charge in [0.05, 0.1) is 19.3 Å². The second-order valence-corrected chi connectivity index (χ2v) is 4.24. The van der Waals surface area contributed by atoms with Crippen LogP contribution in [0.4, 0.5) is 0 Å². The largest absolute Gasteiger partial charge is 0.534 e. The molecular formula is C8H11N5O3P+. The number of fused-ring (bicyclic) bond motifs is 1. The fourth-order valence-electron chi connectivity index (χ4n) is 1.36. The van der Waals surface area contributed by atoms with Crippen molar-refractivity contribution in [1.82, 2.24) is 19.5 Å². The summed E-state index contributed by atoms with van der Waals surface area (Å²) in [5, 5.41) is 7.87. The Balaban J connectivity index is 2.06. The summed E-state index contributed by atoms with van der Waals surface area (Å²) in [6.45, 7) is 0.642. The van der Waals surface area contributed by atoms with Gasteiger partial charge in [0.15, 0.2) is 11.1 Å². The lowest BCUT2D eigenvalue weighted by Crippen LogP contribution is -2.23. The minimum atomic E-state index is -2.27. The molecule has 2 aromatic heterocycles. The fourth-order valence-corrected chi connectivity index (χ4v) is 1.65. The van der Waals surface area contributed by atoms with Gasteiger partial charge in [-0.25, -0.2) is 9.97 Å². The van der Waals surface area contributed by atoms with Crippen molar-refractivity contribution in [3.63, 3.8) is 0 Å². The van der Waals surface area contributed by atoms with Gasteiger partial charge in [-0.2, -0.15) is 4.89 Å². The Bertz CT molecular complexity index is 592. The maximum absolute atomic E-state index is 10.4. The Kier molecular flexibility index (Phi) is 3.58. The molecule has 0 radical (unpaired) electrons. The van der Waals surface area contributed by atoms with Crippen LogP contribution in [0.3, 0.4) is 0 Å². The average Bonchev–Trinajstić information content (AvgIpc) is 2.75. The zero-order chi connectivity index (χ0) is 12.3. The van der Waals surface area contributed by atoms with E-state index in [9.17, 15) is 4.57 Å². The third kappa shape index (κ3) is 2.73. The minimum absolute atomic E-state index is 0.192. The fraction of sp³-hybridized carbons (Fsp3) is 0.375. The van der Waals surface area contributed by atoms with Crippen molar-refractivity contribution in [2.75, 3.05) is 13.0 Å². The van der Waals surface area contributed by atoms with Crippen LogP contribution in [0.2, 0.25) is 0 Å². The standard InChI is InChI=1S/C8H10N5O3P/c9-7-6-8(11-3-10-6)12-4-13(7)1-2-16-5-17(14)15/h3-4,9H,1-2,5H2,(H-,10,11,14,15)/p+1. The van der Waals surface area contributed by atoms with Gasteiger partial charge in [-0.1, -0.05) is 0 Å². The molecule has 0 saturated carbocycles. The number of H-pyrrole nitrogens is 1. The molecule has 1 unspecified atom stereocenters. The molecule has 0 aliphatic carbocycles. The highest BCUT2D eigenvalue weighted by Gasteiger charge is 2.09. The predicted molar refractivity (Wildman–Crippen MR) is 58.4 cm³/mol. The first-order valence-electron chi connectivity index (χ1n) is 4.83. The molecule has 17 heavy (non-hydrogen) atoms. The first-order valence-corrected chi connectivity index (χ1v) is 6.22. The van der Waals surface area contributed by atoms with Crippen molar-refractivity contribution in [3.8, 4) is 0 Å². The van der Waals surface area contributed by atoms with E-state index in [1.165, 1.54) is 12.7 Å². The zero-order valence-corrected chi connectivity index (χ0v) is 9.72. The van der Waals surface area contributed by atoms with Crippen molar-refractivity contribution in [2.45, 2.75) is 6.54 Å². The van der Waals surface area contributed by atoms with Crippen LogP contribution in [0.15, 0.2) is 12.7 Å². The van der Waals surface area contributed by atoms with Crippen LogP contribution in [-0.4, -0.2) is 37.4 Å². The van der Waals surface area contributed by atoms with Crippen molar-refractivity contribution in [1.29, 1.82) is 5.41 Å². The smallest absolute Gasteiger partial charge is 0.340 e. The monoisotopic (exact) mass is 256 g/mol. The maximum Gasteiger partial charge on any atom is 0.534 e. The van der Waals surface area contributed by atoms with Crippen LogP contribution in [0.1, 0.15) is 0 Å². The molecule has 90 valence electrons. The quantitative estimate of drug-likeness (QED) is 0.512. The second kappa shape index (κ2) is 5.13. The van der Waals surface area contributed by atoms with Crippen LogP contribution >= 0.6 is 8.03 Å². The summed E-state index contributed by atoms with van der Waals surface area (Å²) in [6, 6.07) is 0. The number of hydrogen-bond donors (Lipinski definition) is 3. The second-order valence-electron chi connectivity index (χ2n) is 3.28. The van der Waals surface area contributed by atoms with Gasteiger partial charge in [-0.05, 0) is 4.57 Å². The van der Waals surface area contributed by atoms with Gasteiger partial charge in [-0.3, -0.25) is 5.41 Å². The highest BCUT2D eigenvalue weighted by Crippen LogP contribution is 2.11. The molecule has 0 saturated heterocycles. The van der Waals surface area contributed by atoms with E-state index in [1.807, 2.05) is 0 Å². The summed E-state index contributed by atoms with van der Waals surface area (Å²) in [4.78, 5) is 19.4. The molecule has 9 heteroatoms. The highest BCUT2D eigenvalue weighted by molar-refractivity contribution is 7.37. The molecule has 0 bridgehead atoms. The molecule has 2 rings (SSSR count). The topological polar surface area (TPSA) is 117 Å². The molecule has 3 N–H and O–H groups in total. The third-order valence-electron chi connectivity index (χ3n) is 2.14. The zero-order valence-electron chi connectivity index (χ0n) is 8.83. The lowest BCUT2D eigenvalue weighted by Gasteiger charge is -2.04. The molecule has 0 fully saturated rings. The van der Waals surface area contributed by atoms with E-state index < -0.39 is 8.03 Å². The summed E-state index contributed by atoms with van der Waals surface area (Å²) in [5.41, 5.74) is 1.30. The van der Waals surface area contributed by atoms with E-state index in [2.05, 4.69) is 15.0 Å². The summed E-state index contributed by atoms with van der Waals surface area (Å²) in [5.74, 6) is 0. The summed E-state index contributed by atoms with van der Waals surface area (Å²) in [7, 11) is -2.27. The number of aromatic amines is 1. The minimum Gasteiger partial charge on any atom is -0.340 e. The van der Waals surface area contributed by atoms with E-state index in [-0.39, 0.29) is 18.4 Å². The number of rotatable bonds is 5. The number of aromatic nitrogens is 4. The summed E-state index contributed by atoms with van der Waals surface area (Å²) in [6.07, 6.45) is 2.78. The van der Waals surface area contributed by atoms with Gasteiger partial charge in [0.25, 0.3) is 6.35 Å². The molecule has 8 nitrogen and oxygen atoms in total. The normalized spacial score (nSPS) is 11.9. The maximum atomic E-state index is 10.4. The molecule has 0 spiro atoms. The Morgan fingerprint density at radius 1 is 1.59 bits per heavy atom. The Hall–Kier alpha value is -1.63. The van der Waals surface area contributed by atoms with Crippen LogP contribution < -0.4 is 5.49 Å². The first kappa shape index (κ1) is 11.8. The lowest BCUT2D eigenvalue weighted by molar-refractivity contribution is 0.161. The van der Waals surface area contributed by atoms with E-state index in [0.29, 0.717) is 17.7 Å². The molecule has 2 heterocycles. The molecule has 0 aromatic carbocycles. The van der Waals surface area contributed by atoms with Crippen molar-refractivity contribution < 1.29 is 14.2 Å². The number of hydrogen-bond acceptors (Lipinski definition) is 5. The number of imidazole rings is 1. The van der Waals surface area contributed by atoms with Crippen LogP contribution in [0.25, 0.3) is 11.2 Å². The van der Waals surface area contributed by atoms with Gasteiger partial charge in [-0.15, -0.1) is 0 Å². The van der Waals surface area contributed by atoms with Gasteiger partial charge in [0, 0.05) is 6.54 Å². The van der Waals surface area contributed by atoms with Gasteiger partial charge in [0.1, 0.15) is 5.52 Å². The van der Waals surface area contributed by atoms with Crippen molar-refractivity contribution in [3.05, 3.63) is 18.1 Å². The van der Waals surface area contributed by atoms with Gasteiger partial charge < -0.3 is 14.3 Å². The highest BCUT2D eigenvalue weighted by atomic mass is 31.1. The first-order chi connectivity index (χ1) is 8.18. The third-order valence-corrected chi connectivity index (χ3v) is 2.54. The van der Waals surface area contributed by atoms with Gasteiger partial charge in [0.2, 0.25) is 0 Å². The van der Waals surface area contributed by atoms with E-state index in [1.54, 1.807) is 4.57 Å². The van der Waals surface area contributed by atoms with E-state index in [4.69, 9.17) is 15.0 Å². The Morgan fingerprint density at radius 2 is 2.41 bits per heavy atom. The molecule has 0 aliphatic heterocycles. The SMILES string of the molecule is N=c1c2[nH]cnc2ncn1CCOC[P+](=O)O. The van der Waals surface area contributed by atoms with Crippen LogP contribution in [0, 0.1) is 5.41 Å². The van der Waals surface area contributed by atoms with Crippen LogP contribution in [0.5, 0.6) is 0 Å². The molecule has 1 atom stereocenters. The van der Waals surface area contributed by atoms with E-state index in [0.717, 1.165) is 0 Å². The number of ether oxygens (including phenoxy) is 1. The molecular weight excluding hydrogens is 245 g/mol. The number of nitrogens with one attached hydrogen (secondary N) is 2. The van der Waals surface area contributed by atoms with Crippen molar-refractivity contribution >= 4 is 19.2 Å². The summed E-state index contributed by atoms with van der Waals surface area (Å²) < 4.78 is 16.9. The molecule has 0 amide bonds. The lowest BCUT2D eigenvalue weighted by atomic mass is 10.5. The summed E-state index contributed by atoms with van der Waals surface area (Å²) >= 11 is 0. The molecule has 0 aliphatic rings. The Morgan fingerprint density at radius 3 is 3.18 bits per heavy atom. The predicted octanol–water partition coefficient (Wildman–Crippen LogP) is -0.0523.